The van der Waals surface area contributed by atoms with Gasteiger partial charge in [0.05, 0.1) is 0 Å². The zero-order valence-corrected chi connectivity index (χ0v) is 11.9. The summed E-state index contributed by atoms with van der Waals surface area (Å²) in [5.41, 5.74) is 1.28. The number of hydrogen-bond donors (Lipinski definition) is 1. The highest BCUT2D eigenvalue weighted by Crippen LogP contribution is 2.22. The highest BCUT2D eigenvalue weighted by Gasteiger charge is 2.04. The van der Waals surface area contributed by atoms with Gasteiger partial charge in [-0.25, -0.2) is 9.97 Å². The van der Waals surface area contributed by atoms with Gasteiger partial charge in [0.1, 0.15) is 17.5 Å². The van der Waals surface area contributed by atoms with Gasteiger partial charge in [-0.05, 0) is 5.56 Å². The first-order chi connectivity index (χ1) is 9.31. The van der Waals surface area contributed by atoms with Gasteiger partial charge in [-0.1, -0.05) is 30.3 Å². The summed E-state index contributed by atoms with van der Waals surface area (Å²) in [6, 6.07) is 12.3. The molecule has 0 fully saturated rings. The predicted octanol–water partition coefficient (Wildman–Crippen LogP) is 2.96. The van der Waals surface area contributed by atoms with E-state index in [1.54, 1.807) is 18.9 Å². The molecular formula is C14H17N3OS. The molecule has 100 valence electrons. The van der Waals surface area contributed by atoms with Gasteiger partial charge >= 0.3 is 0 Å². The first-order valence-electron chi connectivity index (χ1n) is 6.03. The fourth-order valence-electron chi connectivity index (χ4n) is 1.60. The van der Waals surface area contributed by atoms with E-state index in [9.17, 15) is 0 Å². The SMILES string of the molecule is CNc1cc(SCc2ccccc2)nc(COC)n1. The maximum absolute atomic E-state index is 5.08. The van der Waals surface area contributed by atoms with Gasteiger partial charge in [-0.3, -0.25) is 0 Å². The van der Waals surface area contributed by atoms with Crippen LogP contribution in [0.5, 0.6) is 0 Å². The second-order valence-electron chi connectivity index (χ2n) is 3.96. The van der Waals surface area contributed by atoms with Gasteiger partial charge in [-0.15, -0.1) is 11.8 Å². The molecule has 0 atom stereocenters. The van der Waals surface area contributed by atoms with Crippen LogP contribution in [-0.4, -0.2) is 24.1 Å². The summed E-state index contributed by atoms with van der Waals surface area (Å²) in [7, 11) is 3.50. The predicted molar refractivity (Wildman–Crippen MR) is 78.3 cm³/mol. The third kappa shape index (κ3) is 4.22. The largest absolute Gasteiger partial charge is 0.377 e. The van der Waals surface area contributed by atoms with Crippen LogP contribution in [0.4, 0.5) is 5.82 Å². The molecule has 0 radical (unpaired) electrons. The van der Waals surface area contributed by atoms with E-state index in [2.05, 4.69) is 27.4 Å². The minimum atomic E-state index is 0.425. The maximum Gasteiger partial charge on any atom is 0.157 e. The van der Waals surface area contributed by atoms with E-state index in [1.165, 1.54) is 5.56 Å². The second kappa shape index (κ2) is 7.11. The molecule has 1 aromatic heterocycles. The summed E-state index contributed by atoms with van der Waals surface area (Å²) in [5.74, 6) is 2.41. The number of nitrogens with zero attached hydrogens (tertiary/aromatic N) is 2. The van der Waals surface area contributed by atoms with E-state index in [4.69, 9.17) is 4.74 Å². The summed E-state index contributed by atoms with van der Waals surface area (Å²) < 4.78 is 5.08. The molecule has 0 aliphatic rings. The number of hydrogen-bond acceptors (Lipinski definition) is 5. The number of aromatic nitrogens is 2. The van der Waals surface area contributed by atoms with Gasteiger partial charge in [0.25, 0.3) is 0 Å². The molecular weight excluding hydrogens is 258 g/mol. The average Bonchev–Trinajstić information content (AvgIpc) is 2.46. The normalized spacial score (nSPS) is 10.4. The van der Waals surface area contributed by atoms with Crippen LogP contribution in [0.25, 0.3) is 0 Å². The van der Waals surface area contributed by atoms with Crippen LogP contribution in [0.1, 0.15) is 11.4 Å². The van der Waals surface area contributed by atoms with E-state index >= 15 is 0 Å². The number of benzene rings is 1. The van der Waals surface area contributed by atoms with E-state index in [0.717, 1.165) is 16.6 Å². The zero-order valence-electron chi connectivity index (χ0n) is 11.1. The van der Waals surface area contributed by atoms with Crippen molar-refractivity contribution in [1.29, 1.82) is 0 Å². The Balaban J connectivity index is 2.08. The average molecular weight is 275 g/mol. The minimum Gasteiger partial charge on any atom is -0.377 e. The quantitative estimate of drug-likeness (QED) is 0.649. The fraction of sp³-hybridized carbons (Fsp3) is 0.286. The minimum absolute atomic E-state index is 0.425. The Labute approximate surface area is 117 Å². The van der Waals surface area contributed by atoms with E-state index < -0.39 is 0 Å². The lowest BCUT2D eigenvalue weighted by molar-refractivity contribution is 0.177. The monoisotopic (exact) mass is 275 g/mol. The molecule has 0 spiro atoms. The van der Waals surface area contributed by atoms with Gasteiger partial charge in [-0.2, -0.15) is 0 Å². The molecule has 5 heteroatoms. The molecule has 0 aliphatic carbocycles. The number of anilines is 1. The summed E-state index contributed by atoms with van der Waals surface area (Å²) in [6.45, 7) is 0.425. The molecule has 2 aromatic rings. The van der Waals surface area contributed by atoms with Gasteiger partial charge in [0, 0.05) is 26.0 Å². The third-order valence-electron chi connectivity index (χ3n) is 2.51. The number of rotatable bonds is 6. The summed E-state index contributed by atoms with van der Waals surface area (Å²) in [6.07, 6.45) is 0. The van der Waals surface area contributed by atoms with Crippen LogP contribution >= 0.6 is 11.8 Å². The smallest absolute Gasteiger partial charge is 0.157 e. The van der Waals surface area contributed by atoms with Crippen molar-refractivity contribution in [2.45, 2.75) is 17.4 Å². The van der Waals surface area contributed by atoms with E-state index in [0.29, 0.717) is 12.4 Å². The summed E-state index contributed by atoms with van der Waals surface area (Å²) in [5, 5.41) is 4.00. The Bertz CT molecular complexity index is 519. The van der Waals surface area contributed by atoms with Crippen LogP contribution in [0, 0.1) is 0 Å². The summed E-state index contributed by atoms with van der Waals surface area (Å²) >= 11 is 1.70. The van der Waals surface area contributed by atoms with Crippen LogP contribution in [-0.2, 0) is 17.1 Å². The van der Waals surface area contributed by atoms with Crippen LogP contribution in [0.15, 0.2) is 41.4 Å². The first-order valence-corrected chi connectivity index (χ1v) is 7.01. The molecule has 0 amide bonds. The number of ether oxygens (including phenoxy) is 1. The molecule has 1 N–H and O–H groups in total. The number of methoxy groups -OCH3 is 1. The molecule has 0 unspecified atom stereocenters. The molecule has 1 heterocycles. The number of nitrogens with one attached hydrogen (secondary N) is 1. The van der Waals surface area contributed by atoms with Crippen LogP contribution < -0.4 is 5.32 Å². The molecule has 0 aliphatic heterocycles. The molecule has 1 aromatic carbocycles. The Morgan fingerprint density at radius 1 is 1.21 bits per heavy atom. The van der Waals surface area contributed by atoms with Crippen molar-refractivity contribution in [2.75, 3.05) is 19.5 Å². The highest BCUT2D eigenvalue weighted by molar-refractivity contribution is 7.98. The van der Waals surface area contributed by atoms with Gasteiger partial charge in [0.15, 0.2) is 5.82 Å². The van der Waals surface area contributed by atoms with E-state index in [-0.39, 0.29) is 0 Å². The highest BCUT2D eigenvalue weighted by atomic mass is 32.2. The Morgan fingerprint density at radius 3 is 2.68 bits per heavy atom. The number of thioether (sulfide) groups is 1. The van der Waals surface area contributed by atoms with Crippen molar-refractivity contribution in [3.8, 4) is 0 Å². The molecule has 4 nitrogen and oxygen atoms in total. The topological polar surface area (TPSA) is 47.0 Å². The first kappa shape index (κ1) is 13.8. The Hall–Kier alpha value is -1.59. The lowest BCUT2D eigenvalue weighted by Crippen LogP contribution is -2.02. The lowest BCUT2D eigenvalue weighted by atomic mass is 10.2. The van der Waals surface area contributed by atoms with Gasteiger partial charge in [0.2, 0.25) is 0 Å². The molecule has 19 heavy (non-hydrogen) atoms. The molecule has 2 rings (SSSR count). The van der Waals surface area contributed by atoms with Crippen molar-refractivity contribution in [2.24, 2.45) is 0 Å². The maximum atomic E-state index is 5.08. The Kier molecular flexibility index (Phi) is 5.18. The van der Waals surface area contributed by atoms with Crippen molar-refractivity contribution in [3.63, 3.8) is 0 Å². The van der Waals surface area contributed by atoms with Crippen LogP contribution in [0.2, 0.25) is 0 Å². The molecule has 0 saturated carbocycles. The van der Waals surface area contributed by atoms with Crippen molar-refractivity contribution < 1.29 is 4.74 Å². The van der Waals surface area contributed by atoms with Crippen molar-refractivity contribution in [3.05, 3.63) is 47.8 Å². The lowest BCUT2D eigenvalue weighted by Gasteiger charge is -2.07. The van der Waals surface area contributed by atoms with Crippen LogP contribution in [0.3, 0.4) is 0 Å². The zero-order chi connectivity index (χ0) is 13.5. The fourth-order valence-corrected chi connectivity index (χ4v) is 2.47. The standard InChI is InChI=1S/C14H17N3OS/c1-15-12-8-14(17-13(16-12)9-18-2)19-10-11-6-4-3-5-7-11/h3-8H,9-10H2,1-2H3,(H,15,16,17). The molecule has 0 saturated heterocycles. The third-order valence-corrected chi connectivity index (χ3v) is 3.49. The van der Waals surface area contributed by atoms with Crippen molar-refractivity contribution in [1.82, 2.24) is 9.97 Å². The Morgan fingerprint density at radius 2 is 2.00 bits per heavy atom. The molecule has 0 bridgehead atoms. The summed E-state index contributed by atoms with van der Waals surface area (Å²) in [4.78, 5) is 8.81. The second-order valence-corrected chi connectivity index (χ2v) is 4.96. The van der Waals surface area contributed by atoms with Gasteiger partial charge < -0.3 is 10.1 Å². The van der Waals surface area contributed by atoms with E-state index in [1.807, 2.05) is 31.3 Å². The van der Waals surface area contributed by atoms with Crippen molar-refractivity contribution >= 4 is 17.6 Å².